The van der Waals surface area contributed by atoms with Gasteiger partial charge >= 0.3 is 18.4 Å². The summed E-state index contributed by atoms with van der Waals surface area (Å²) in [6.45, 7) is 0.752. The number of carbonyl (C=O) groups is 1. The van der Waals surface area contributed by atoms with Crippen molar-refractivity contribution in [2.45, 2.75) is 32.4 Å². The van der Waals surface area contributed by atoms with Gasteiger partial charge in [-0.15, -0.1) is 0 Å². The molecule has 29 heavy (non-hydrogen) atoms. The van der Waals surface area contributed by atoms with Gasteiger partial charge in [0.15, 0.2) is 0 Å². The number of amides is 2. The Labute approximate surface area is 165 Å². The van der Waals surface area contributed by atoms with Crippen molar-refractivity contribution in [1.82, 2.24) is 10.3 Å². The maximum absolute atomic E-state index is 12.8. The summed E-state index contributed by atoms with van der Waals surface area (Å²) in [6, 6.07) is 9.21. The van der Waals surface area contributed by atoms with E-state index >= 15 is 0 Å². The molecule has 2 N–H and O–H groups in total. The van der Waals surface area contributed by atoms with E-state index in [0.717, 1.165) is 0 Å². The third kappa shape index (κ3) is 7.22. The molecule has 0 saturated carbocycles. The minimum Gasteiger partial charge on any atom is -0.478 e. The standard InChI is InChI=1S/C19H21F4N3O3/c1-2-29-16-14(6-4-8-24-16)10-25-18(27)26-15-7-3-5-13(9-15)11-28-12-19(22,23)17(20)21/h3-9,17H,2,10-12H2,1H3,(H2,25,26,27). The molecule has 0 atom stereocenters. The highest BCUT2D eigenvalue weighted by molar-refractivity contribution is 5.89. The molecule has 158 valence electrons. The normalized spacial score (nSPS) is 11.4. The summed E-state index contributed by atoms with van der Waals surface area (Å²) < 4.78 is 60.0. The maximum atomic E-state index is 12.8. The lowest BCUT2D eigenvalue weighted by Gasteiger charge is -2.15. The third-order valence-corrected chi connectivity index (χ3v) is 3.64. The number of anilines is 1. The van der Waals surface area contributed by atoms with Crippen molar-refractivity contribution in [2.75, 3.05) is 18.5 Å². The smallest absolute Gasteiger partial charge is 0.330 e. The van der Waals surface area contributed by atoms with Crippen LogP contribution in [0, 0.1) is 0 Å². The molecular weight excluding hydrogens is 394 g/mol. The Morgan fingerprint density at radius 3 is 2.76 bits per heavy atom. The fraction of sp³-hybridized carbons (Fsp3) is 0.368. The molecule has 0 bridgehead atoms. The minimum absolute atomic E-state index is 0.181. The van der Waals surface area contributed by atoms with E-state index in [2.05, 4.69) is 20.4 Å². The Kier molecular flexibility index (Phi) is 8.20. The lowest BCUT2D eigenvalue weighted by Crippen LogP contribution is -2.32. The van der Waals surface area contributed by atoms with Gasteiger partial charge in [-0.3, -0.25) is 0 Å². The summed E-state index contributed by atoms with van der Waals surface area (Å²) in [5.41, 5.74) is 1.53. The number of nitrogens with one attached hydrogen (secondary N) is 2. The van der Waals surface area contributed by atoms with Gasteiger partial charge in [-0.05, 0) is 30.7 Å². The van der Waals surface area contributed by atoms with Crippen LogP contribution in [0.5, 0.6) is 5.88 Å². The number of ether oxygens (including phenoxy) is 2. The van der Waals surface area contributed by atoms with Gasteiger partial charge in [0, 0.05) is 24.0 Å². The zero-order valence-electron chi connectivity index (χ0n) is 15.6. The predicted octanol–water partition coefficient (Wildman–Crippen LogP) is 4.22. The Morgan fingerprint density at radius 2 is 2.03 bits per heavy atom. The first-order valence-electron chi connectivity index (χ1n) is 8.76. The van der Waals surface area contributed by atoms with E-state index in [-0.39, 0.29) is 13.2 Å². The molecule has 0 fully saturated rings. The van der Waals surface area contributed by atoms with Crippen LogP contribution in [0.1, 0.15) is 18.1 Å². The van der Waals surface area contributed by atoms with Crippen LogP contribution in [0.3, 0.4) is 0 Å². The van der Waals surface area contributed by atoms with Crippen molar-refractivity contribution in [3.05, 3.63) is 53.7 Å². The van der Waals surface area contributed by atoms with Gasteiger partial charge in [-0.1, -0.05) is 18.2 Å². The summed E-state index contributed by atoms with van der Waals surface area (Å²) in [6.07, 6.45) is -2.21. The molecule has 2 amide bonds. The minimum atomic E-state index is -4.21. The first kappa shape index (κ1) is 22.4. The van der Waals surface area contributed by atoms with Crippen LogP contribution < -0.4 is 15.4 Å². The van der Waals surface area contributed by atoms with E-state index in [0.29, 0.717) is 29.3 Å². The molecule has 1 aromatic heterocycles. The molecule has 0 aliphatic heterocycles. The number of carbonyl (C=O) groups excluding carboxylic acids is 1. The second kappa shape index (κ2) is 10.6. The largest absolute Gasteiger partial charge is 0.478 e. The molecule has 0 radical (unpaired) electrons. The molecule has 0 aliphatic carbocycles. The van der Waals surface area contributed by atoms with E-state index < -0.39 is 25.0 Å². The molecule has 0 spiro atoms. The lowest BCUT2D eigenvalue weighted by molar-refractivity contribution is -0.168. The van der Waals surface area contributed by atoms with E-state index in [9.17, 15) is 22.4 Å². The Morgan fingerprint density at radius 1 is 1.24 bits per heavy atom. The fourth-order valence-electron chi connectivity index (χ4n) is 2.28. The number of benzene rings is 1. The number of hydrogen-bond donors (Lipinski definition) is 2. The summed E-state index contributed by atoms with van der Waals surface area (Å²) in [5, 5.41) is 5.25. The van der Waals surface area contributed by atoms with Crippen molar-refractivity contribution in [2.24, 2.45) is 0 Å². The van der Waals surface area contributed by atoms with Crippen LogP contribution in [0.2, 0.25) is 0 Å². The number of aromatic nitrogens is 1. The van der Waals surface area contributed by atoms with Crippen molar-refractivity contribution in [3.8, 4) is 5.88 Å². The van der Waals surface area contributed by atoms with E-state index in [4.69, 9.17) is 4.74 Å². The topological polar surface area (TPSA) is 72.5 Å². The van der Waals surface area contributed by atoms with Crippen molar-refractivity contribution in [1.29, 1.82) is 0 Å². The van der Waals surface area contributed by atoms with Gasteiger partial charge in [0.25, 0.3) is 0 Å². The highest BCUT2D eigenvalue weighted by Crippen LogP contribution is 2.23. The zero-order chi connectivity index (χ0) is 21.3. The van der Waals surface area contributed by atoms with E-state index in [1.165, 1.54) is 6.07 Å². The molecule has 0 aliphatic rings. The molecule has 6 nitrogen and oxygen atoms in total. The highest BCUT2D eigenvalue weighted by Gasteiger charge is 2.40. The van der Waals surface area contributed by atoms with Crippen molar-refractivity contribution < 1.29 is 31.8 Å². The van der Waals surface area contributed by atoms with Crippen LogP contribution in [-0.2, 0) is 17.9 Å². The number of pyridine rings is 1. The molecular formula is C19H21F4N3O3. The van der Waals surface area contributed by atoms with Gasteiger partial charge in [0.2, 0.25) is 5.88 Å². The van der Waals surface area contributed by atoms with Gasteiger partial charge in [-0.2, -0.15) is 8.78 Å². The van der Waals surface area contributed by atoms with Gasteiger partial charge in [0.1, 0.15) is 6.61 Å². The SMILES string of the molecule is CCOc1ncccc1CNC(=O)Nc1cccc(COCC(F)(F)C(F)F)c1. The second-order valence-electron chi connectivity index (χ2n) is 5.96. The quantitative estimate of drug-likeness (QED) is 0.570. The monoisotopic (exact) mass is 415 g/mol. The number of alkyl halides is 4. The van der Waals surface area contributed by atoms with Crippen LogP contribution in [0.25, 0.3) is 0 Å². The van der Waals surface area contributed by atoms with Crippen LogP contribution >= 0.6 is 0 Å². The average molecular weight is 415 g/mol. The molecule has 2 rings (SSSR count). The lowest BCUT2D eigenvalue weighted by atomic mass is 10.2. The Hall–Kier alpha value is -2.88. The first-order chi connectivity index (χ1) is 13.8. The summed E-state index contributed by atoms with van der Waals surface area (Å²) in [4.78, 5) is 16.2. The van der Waals surface area contributed by atoms with Crippen LogP contribution in [-0.4, -0.2) is 36.6 Å². The third-order valence-electron chi connectivity index (χ3n) is 3.64. The van der Waals surface area contributed by atoms with Gasteiger partial charge in [0.05, 0.1) is 13.2 Å². The van der Waals surface area contributed by atoms with Gasteiger partial charge < -0.3 is 20.1 Å². The van der Waals surface area contributed by atoms with Gasteiger partial charge in [-0.25, -0.2) is 18.6 Å². The summed E-state index contributed by atoms with van der Waals surface area (Å²) >= 11 is 0. The zero-order valence-corrected chi connectivity index (χ0v) is 15.6. The number of urea groups is 1. The number of nitrogens with zero attached hydrogens (tertiary/aromatic N) is 1. The highest BCUT2D eigenvalue weighted by atomic mass is 19.3. The van der Waals surface area contributed by atoms with Crippen LogP contribution in [0.4, 0.5) is 28.0 Å². The molecule has 10 heteroatoms. The summed E-state index contributed by atoms with van der Waals surface area (Å²) in [7, 11) is 0. The van der Waals surface area contributed by atoms with Crippen molar-refractivity contribution >= 4 is 11.7 Å². The molecule has 1 heterocycles. The maximum Gasteiger partial charge on any atom is 0.330 e. The average Bonchev–Trinajstić information content (AvgIpc) is 2.67. The van der Waals surface area contributed by atoms with Crippen LogP contribution in [0.15, 0.2) is 42.6 Å². The number of hydrogen-bond acceptors (Lipinski definition) is 4. The first-order valence-corrected chi connectivity index (χ1v) is 8.76. The predicted molar refractivity (Wildman–Crippen MR) is 98.3 cm³/mol. The van der Waals surface area contributed by atoms with E-state index in [1.54, 1.807) is 36.5 Å². The number of rotatable bonds is 10. The molecule has 0 saturated heterocycles. The molecule has 2 aromatic rings. The molecule has 0 unspecified atom stereocenters. The Balaban J connectivity index is 1.86. The van der Waals surface area contributed by atoms with E-state index in [1.807, 2.05) is 6.92 Å². The Bertz CT molecular complexity index is 806. The van der Waals surface area contributed by atoms with Crippen molar-refractivity contribution in [3.63, 3.8) is 0 Å². The molecule has 1 aromatic carbocycles. The number of halogens is 4. The fourth-order valence-corrected chi connectivity index (χ4v) is 2.28. The second-order valence-corrected chi connectivity index (χ2v) is 5.96. The summed E-state index contributed by atoms with van der Waals surface area (Å²) in [5.74, 6) is -3.78.